The van der Waals surface area contributed by atoms with Gasteiger partial charge in [0.15, 0.2) is 23.2 Å². The van der Waals surface area contributed by atoms with Gasteiger partial charge in [-0.2, -0.15) is 0 Å². The average Bonchev–Trinajstić information content (AvgIpc) is 2.46. The molecule has 0 unspecified atom stereocenters. The highest BCUT2D eigenvalue weighted by atomic mass is 32.3. The summed E-state index contributed by atoms with van der Waals surface area (Å²) in [6.45, 7) is 0. The van der Waals surface area contributed by atoms with Gasteiger partial charge in [-0.05, 0) is 11.1 Å². The molecule has 0 saturated carbocycles. The standard InChI is InChI=1S/C17H20O4S3/c1-23(18,19)17(24(2,20)21)22(13-15-9-5-3-6-10-15)14-16-11-7-4-8-12-16/h3-12H,13-14H2,1-2H3. The van der Waals surface area contributed by atoms with Crippen LogP contribution < -0.4 is 0 Å². The Balaban J connectivity index is 2.62. The molecule has 0 atom stereocenters. The fourth-order valence-electron chi connectivity index (χ4n) is 2.42. The Morgan fingerprint density at radius 1 is 0.708 bits per heavy atom. The van der Waals surface area contributed by atoms with E-state index in [0.29, 0.717) is 11.5 Å². The van der Waals surface area contributed by atoms with Gasteiger partial charge in [-0.25, -0.2) is 16.8 Å². The van der Waals surface area contributed by atoms with Gasteiger partial charge < -0.3 is 0 Å². The number of benzene rings is 2. The molecule has 0 saturated heterocycles. The molecule has 0 N–H and O–H groups in total. The molecule has 0 aliphatic rings. The summed E-state index contributed by atoms with van der Waals surface area (Å²) < 4.78 is 48.4. The van der Waals surface area contributed by atoms with E-state index >= 15 is 0 Å². The monoisotopic (exact) mass is 384 g/mol. The van der Waals surface area contributed by atoms with Crippen LogP contribution in [-0.2, 0) is 31.2 Å². The molecule has 2 aromatic rings. The second-order valence-electron chi connectivity index (χ2n) is 5.55. The third-order valence-electron chi connectivity index (χ3n) is 3.21. The van der Waals surface area contributed by atoms with Crippen molar-refractivity contribution in [2.45, 2.75) is 11.5 Å². The lowest BCUT2D eigenvalue weighted by Crippen LogP contribution is -2.23. The summed E-state index contributed by atoms with van der Waals surface area (Å²) in [7, 11) is -8.60. The Morgan fingerprint density at radius 3 is 1.33 bits per heavy atom. The van der Waals surface area contributed by atoms with Crippen LogP contribution in [0.5, 0.6) is 0 Å². The summed E-state index contributed by atoms with van der Waals surface area (Å²) in [5.74, 6) is 0.760. The van der Waals surface area contributed by atoms with Crippen LogP contribution in [0.25, 0.3) is 0 Å². The average molecular weight is 385 g/mol. The molecule has 7 heteroatoms. The highest BCUT2D eigenvalue weighted by Gasteiger charge is 2.27. The number of hydrogen-bond donors (Lipinski definition) is 0. The maximum atomic E-state index is 12.2. The minimum atomic E-state index is -3.82. The maximum absolute atomic E-state index is 12.2. The lowest BCUT2D eigenvalue weighted by atomic mass is 10.2. The van der Waals surface area contributed by atoms with E-state index in [1.165, 1.54) is 0 Å². The second kappa shape index (κ2) is 7.63. The first-order valence-electron chi connectivity index (χ1n) is 7.20. The summed E-state index contributed by atoms with van der Waals surface area (Å²) in [6.07, 6.45) is 1.94. The van der Waals surface area contributed by atoms with Crippen LogP contribution in [0.3, 0.4) is 0 Å². The van der Waals surface area contributed by atoms with E-state index in [4.69, 9.17) is 0 Å². The topological polar surface area (TPSA) is 68.3 Å². The van der Waals surface area contributed by atoms with Crippen molar-refractivity contribution in [2.75, 3.05) is 12.5 Å². The second-order valence-corrected chi connectivity index (χ2v) is 12.2. The summed E-state index contributed by atoms with van der Waals surface area (Å²) in [4.78, 5) is 0. The maximum Gasteiger partial charge on any atom is 0.191 e. The van der Waals surface area contributed by atoms with Crippen LogP contribution in [0.4, 0.5) is 0 Å². The van der Waals surface area contributed by atoms with Gasteiger partial charge in [-0.1, -0.05) is 60.7 Å². The third kappa shape index (κ3) is 5.29. The molecule has 0 bridgehead atoms. The van der Waals surface area contributed by atoms with E-state index in [-0.39, 0.29) is 3.53 Å². The van der Waals surface area contributed by atoms with Crippen LogP contribution in [-0.4, -0.2) is 32.9 Å². The van der Waals surface area contributed by atoms with Crippen molar-refractivity contribution in [2.24, 2.45) is 0 Å². The molecule has 130 valence electrons. The van der Waals surface area contributed by atoms with Gasteiger partial charge in [-0.15, -0.1) is 10.5 Å². The Morgan fingerprint density at radius 2 is 1.04 bits per heavy atom. The predicted molar refractivity (Wildman–Crippen MR) is 103 cm³/mol. The van der Waals surface area contributed by atoms with E-state index in [1.54, 1.807) is 0 Å². The van der Waals surface area contributed by atoms with E-state index < -0.39 is 30.2 Å². The van der Waals surface area contributed by atoms with Crippen molar-refractivity contribution in [3.05, 3.63) is 71.8 Å². The first-order chi connectivity index (χ1) is 11.2. The zero-order valence-electron chi connectivity index (χ0n) is 13.5. The molecule has 0 aliphatic heterocycles. The molecule has 0 fully saturated rings. The zero-order chi connectivity index (χ0) is 17.8. The van der Waals surface area contributed by atoms with Crippen molar-refractivity contribution >= 4 is 33.7 Å². The smallest absolute Gasteiger partial charge is 0.191 e. The molecular formula is C17H20O4S3. The Kier molecular flexibility index (Phi) is 6.01. The largest absolute Gasteiger partial charge is 0.223 e. The van der Waals surface area contributed by atoms with E-state index in [1.807, 2.05) is 60.7 Å². The fraction of sp³-hybridized carbons (Fsp3) is 0.235. The molecule has 0 spiro atoms. The molecule has 2 aromatic carbocycles. The van der Waals surface area contributed by atoms with Crippen LogP contribution in [0.1, 0.15) is 11.1 Å². The molecule has 24 heavy (non-hydrogen) atoms. The van der Waals surface area contributed by atoms with Gasteiger partial charge in [0.1, 0.15) is 0 Å². The van der Waals surface area contributed by atoms with Crippen molar-refractivity contribution in [1.29, 1.82) is 0 Å². The van der Waals surface area contributed by atoms with Crippen molar-refractivity contribution in [3.63, 3.8) is 0 Å². The highest BCUT2D eigenvalue weighted by Crippen LogP contribution is 2.30. The van der Waals surface area contributed by atoms with E-state index in [2.05, 4.69) is 0 Å². The number of rotatable bonds is 4. The molecule has 4 nitrogen and oxygen atoms in total. The minimum Gasteiger partial charge on any atom is -0.223 e. The first-order valence-corrected chi connectivity index (χ1v) is 12.5. The summed E-state index contributed by atoms with van der Waals surface area (Å²) >= 11 is 0. The molecule has 0 radical (unpaired) electrons. The summed E-state index contributed by atoms with van der Waals surface area (Å²) in [6, 6.07) is 18.7. The number of sulfone groups is 2. The lowest BCUT2D eigenvalue weighted by Gasteiger charge is -2.15. The predicted octanol–water partition coefficient (Wildman–Crippen LogP) is 2.83. The van der Waals surface area contributed by atoms with E-state index in [0.717, 1.165) is 23.6 Å². The normalized spacial score (nSPS) is 12.3. The summed E-state index contributed by atoms with van der Waals surface area (Å²) in [5.41, 5.74) is 1.84. The molecular weight excluding hydrogens is 364 g/mol. The molecule has 0 aliphatic carbocycles. The SMILES string of the molecule is CS(=O)(=O)C(=S(Cc1ccccc1)Cc1ccccc1)S(C)(=O)=O. The molecule has 0 aromatic heterocycles. The molecule has 0 heterocycles. The van der Waals surface area contributed by atoms with Crippen LogP contribution in [0, 0.1) is 0 Å². The van der Waals surface area contributed by atoms with Gasteiger partial charge >= 0.3 is 0 Å². The van der Waals surface area contributed by atoms with Crippen molar-refractivity contribution < 1.29 is 16.8 Å². The van der Waals surface area contributed by atoms with Crippen molar-refractivity contribution in [3.8, 4) is 0 Å². The first kappa shape index (κ1) is 18.9. The Hall–Kier alpha value is -1.44. The van der Waals surface area contributed by atoms with Gasteiger partial charge in [0.2, 0.25) is 0 Å². The van der Waals surface area contributed by atoms with Crippen molar-refractivity contribution in [1.82, 2.24) is 0 Å². The zero-order valence-corrected chi connectivity index (χ0v) is 16.0. The van der Waals surface area contributed by atoms with Crippen LogP contribution in [0.15, 0.2) is 60.7 Å². The Labute approximate surface area is 146 Å². The van der Waals surface area contributed by atoms with Gasteiger partial charge in [0.25, 0.3) is 0 Å². The number of hydrogen-bond acceptors (Lipinski definition) is 4. The minimum absolute atomic E-state index is 0.359. The van der Waals surface area contributed by atoms with E-state index in [9.17, 15) is 16.8 Å². The lowest BCUT2D eigenvalue weighted by molar-refractivity contribution is 0.609. The Bertz CT molecular complexity index is 852. The quantitative estimate of drug-likeness (QED) is 0.760. The van der Waals surface area contributed by atoms with Gasteiger partial charge in [-0.3, -0.25) is 0 Å². The van der Waals surface area contributed by atoms with Crippen LogP contribution >= 0.6 is 10.5 Å². The highest BCUT2D eigenvalue weighted by molar-refractivity contribution is 8.47. The summed E-state index contributed by atoms with van der Waals surface area (Å²) in [5, 5.41) is 0. The van der Waals surface area contributed by atoms with Crippen LogP contribution in [0.2, 0.25) is 0 Å². The molecule has 0 amide bonds. The fourth-order valence-corrected chi connectivity index (χ4v) is 10.3. The van der Waals surface area contributed by atoms with Gasteiger partial charge in [0.05, 0.1) is 0 Å². The molecule has 2 rings (SSSR count). The third-order valence-corrected chi connectivity index (χ3v) is 11.3. The van der Waals surface area contributed by atoms with Gasteiger partial charge in [0, 0.05) is 24.0 Å².